The molecule has 0 saturated carbocycles. The third-order valence-corrected chi connectivity index (χ3v) is 3.20. The Kier molecular flexibility index (Phi) is 5.59. The Bertz CT molecular complexity index is 566. The summed E-state index contributed by atoms with van der Waals surface area (Å²) in [5.74, 6) is 0. The van der Waals surface area contributed by atoms with E-state index < -0.39 is 0 Å². The summed E-state index contributed by atoms with van der Waals surface area (Å²) in [6.07, 6.45) is 2.42. The minimum absolute atomic E-state index is 0.0570. The number of carbonyl (C=O) groups is 1. The third kappa shape index (κ3) is 4.80. The zero-order valence-electron chi connectivity index (χ0n) is 12.0. The van der Waals surface area contributed by atoms with Crippen LogP contribution in [0, 0.1) is 0 Å². The summed E-state index contributed by atoms with van der Waals surface area (Å²) in [7, 11) is 0. The van der Waals surface area contributed by atoms with Crippen molar-refractivity contribution in [3.63, 3.8) is 0 Å². The molecule has 1 atom stereocenters. The molecule has 0 aromatic heterocycles. The second-order valence-corrected chi connectivity index (χ2v) is 4.80. The van der Waals surface area contributed by atoms with E-state index in [9.17, 15) is 4.79 Å². The molecule has 2 amide bonds. The summed E-state index contributed by atoms with van der Waals surface area (Å²) in [5.41, 5.74) is 2.28. The van der Waals surface area contributed by atoms with Crippen LogP contribution in [0.5, 0.6) is 0 Å². The number of benzene rings is 2. The standard InChI is InChI=1S/C18H20N2O/c1-2-13-19-18(21)20-17(16-11-7-4-8-12-16)14-15-9-5-3-6-10-15/h2-12,17H,1,13-14H2,(H2,19,20,21). The van der Waals surface area contributed by atoms with Gasteiger partial charge in [0.25, 0.3) is 0 Å². The lowest BCUT2D eigenvalue weighted by Gasteiger charge is -2.19. The highest BCUT2D eigenvalue weighted by molar-refractivity contribution is 5.74. The lowest BCUT2D eigenvalue weighted by molar-refractivity contribution is 0.238. The first-order valence-corrected chi connectivity index (χ1v) is 7.03. The number of rotatable bonds is 6. The van der Waals surface area contributed by atoms with Crippen LogP contribution in [0.2, 0.25) is 0 Å². The molecule has 21 heavy (non-hydrogen) atoms. The molecule has 0 bridgehead atoms. The number of urea groups is 1. The molecule has 0 radical (unpaired) electrons. The van der Waals surface area contributed by atoms with Crippen molar-refractivity contribution in [2.24, 2.45) is 0 Å². The van der Waals surface area contributed by atoms with Crippen molar-refractivity contribution in [1.82, 2.24) is 10.6 Å². The predicted molar refractivity (Wildman–Crippen MR) is 86.1 cm³/mol. The molecule has 0 fully saturated rings. The monoisotopic (exact) mass is 280 g/mol. The SMILES string of the molecule is C=CCNC(=O)NC(Cc1ccccc1)c1ccccc1. The highest BCUT2D eigenvalue weighted by Crippen LogP contribution is 2.18. The van der Waals surface area contributed by atoms with Crippen LogP contribution in [0.3, 0.4) is 0 Å². The zero-order chi connectivity index (χ0) is 14.9. The Morgan fingerprint density at radius 1 is 1.05 bits per heavy atom. The fourth-order valence-corrected chi connectivity index (χ4v) is 2.16. The first-order chi connectivity index (χ1) is 10.3. The van der Waals surface area contributed by atoms with Gasteiger partial charge in [0, 0.05) is 6.54 Å². The summed E-state index contributed by atoms with van der Waals surface area (Å²) >= 11 is 0. The summed E-state index contributed by atoms with van der Waals surface area (Å²) in [4.78, 5) is 11.9. The molecule has 1 unspecified atom stereocenters. The van der Waals surface area contributed by atoms with Gasteiger partial charge in [0.15, 0.2) is 0 Å². The van der Waals surface area contributed by atoms with E-state index in [1.165, 1.54) is 5.56 Å². The number of hydrogen-bond donors (Lipinski definition) is 2. The summed E-state index contributed by atoms with van der Waals surface area (Å²) < 4.78 is 0. The molecule has 3 nitrogen and oxygen atoms in total. The first-order valence-electron chi connectivity index (χ1n) is 7.03. The summed E-state index contributed by atoms with van der Waals surface area (Å²) in [6, 6.07) is 19.9. The van der Waals surface area contributed by atoms with Gasteiger partial charge in [0.2, 0.25) is 0 Å². The van der Waals surface area contributed by atoms with Crippen LogP contribution in [0.1, 0.15) is 17.2 Å². The topological polar surface area (TPSA) is 41.1 Å². The quantitative estimate of drug-likeness (QED) is 0.782. The van der Waals surface area contributed by atoms with Crippen LogP contribution in [0.4, 0.5) is 4.79 Å². The van der Waals surface area contributed by atoms with Gasteiger partial charge in [-0.15, -0.1) is 6.58 Å². The molecule has 0 aliphatic carbocycles. The molecule has 3 heteroatoms. The average molecular weight is 280 g/mol. The van der Waals surface area contributed by atoms with Crippen LogP contribution in [0.15, 0.2) is 73.3 Å². The molecule has 0 saturated heterocycles. The fraction of sp³-hybridized carbons (Fsp3) is 0.167. The smallest absolute Gasteiger partial charge is 0.315 e. The van der Waals surface area contributed by atoms with Crippen molar-refractivity contribution in [1.29, 1.82) is 0 Å². The lowest BCUT2D eigenvalue weighted by atomic mass is 9.99. The maximum Gasteiger partial charge on any atom is 0.315 e. The van der Waals surface area contributed by atoms with Crippen molar-refractivity contribution in [2.75, 3.05) is 6.54 Å². The first kappa shape index (κ1) is 14.9. The van der Waals surface area contributed by atoms with Gasteiger partial charge in [-0.05, 0) is 17.5 Å². The second kappa shape index (κ2) is 7.90. The Morgan fingerprint density at radius 3 is 2.29 bits per heavy atom. The number of carbonyl (C=O) groups excluding carboxylic acids is 1. The average Bonchev–Trinajstić information content (AvgIpc) is 2.54. The third-order valence-electron chi connectivity index (χ3n) is 3.20. The van der Waals surface area contributed by atoms with Gasteiger partial charge in [0.1, 0.15) is 0 Å². The van der Waals surface area contributed by atoms with E-state index in [1.807, 2.05) is 48.5 Å². The molecule has 2 N–H and O–H groups in total. The van der Waals surface area contributed by atoms with E-state index in [0.29, 0.717) is 6.54 Å². The van der Waals surface area contributed by atoms with E-state index in [4.69, 9.17) is 0 Å². The minimum Gasteiger partial charge on any atom is -0.335 e. The molecule has 2 rings (SSSR count). The molecule has 0 aliphatic heterocycles. The summed E-state index contributed by atoms with van der Waals surface area (Å²) in [6.45, 7) is 4.05. The Hall–Kier alpha value is -2.55. The van der Waals surface area contributed by atoms with Gasteiger partial charge >= 0.3 is 6.03 Å². The molecule has 2 aromatic carbocycles. The van der Waals surface area contributed by atoms with Crippen molar-refractivity contribution >= 4 is 6.03 Å². The molecular formula is C18H20N2O. The van der Waals surface area contributed by atoms with E-state index in [2.05, 4.69) is 29.3 Å². The fourth-order valence-electron chi connectivity index (χ4n) is 2.16. The van der Waals surface area contributed by atoms with Crippen LogP contribution < -0.4 is 10.6 Å². The number of hydrogen-bond acceptors (Lipinski definition) is 1. The maximum atomic E-state index is 11.9. The molecule has 0 heterocycles. The lowest BCUT2D eigenvalue weighted by Crippen LogP contribution is -2.38. The van der Waals surface area contributed by atoms with E-state index in [1.54, 1.807) is 6.08 Å². The number of amides is 2. The molecular weight excluding hydrogens is 260 g/mol. The van der Waals surface area contributed by atoms with Crippen molar-refractivity contribution in [3.8, 4) is 0 Å². The Morgan fingerprint density at radius 2 is 1.67 bits per heavy atom. The Labute approximate surface area is 125 Å². The van der Waals surface area contributed by atoms with Gasteiger partial charge in [0.05, 0.1) is 6.04 Å². The molecule has 0 aliphatic rings. The van der Waals surface area contributed by atoms with Gasteiger partial charge in [-0.2, -0.15) is 0 Å². The molecule has 108 valence electrons. The van der Waals surface area contributed by atoms with E-state index in [0.717, 1.165) is 12.0 Å². The van der Waals surface area contributed by atoms with Crippen LogP contribution in [-0.2, 0) is 6.42 Å². The Balaban J connectivity index is 2.11. The largest absolute Gasteiger partial charge is 0.335 e. The highest BCUT2D eigenvalue weighted by Gasteiger charge is 2.14. The predicted octanol–water partition coefficient (Wildman–Crippen LogP) is 3.46. The van der Waals surface area contributed by atoms with Crippen molar-refractivity contribution in [3.05, 3.63) is 84.4 Å². The summed E-state index contributed by atoms with van der Waals surface area (Å²) in [5, 5.41) is 5.77. The van der Waals surface area contributed by atoms with Gasteiger partial charge in [-0.25, -0.2) is 4.79 Å². The number of nitrogens with one attached hydrogen (secondary N) is 2. The van der Waals surface area contributed by atoms with Gasteiger partial charge in [-0.3, -0.25) is 0 Å². The normalized spacial score (nSPS) is 11.4. The van der Waals surface area contributed by atoms with Crippen molar-refractivity contribution < 1.29 is 4.79 Å². The zero-order valence-corrected chi connectivity index (χ0v) is 12.0. The van der Waals surface area contributed by atoms with Crippen LogP contribution in [0.25, 0.3) is 0 Å². The minimum atomic E-state index is -0.181. The molecule has 0 spiro atoms. The van der Waals surface area contributed by atoms with Crippen molar-refractivity contribution in [2.45, 2.75) is 12.5 Å². The van der Waals surface area contributed by atoms with E-state index >= 15 is 0 Å². The van der Waals surface area contributed by atoms with Crippen LogP contribution >= 0.6 is 0 Å². The molecule has 2 aromatic rings. The highest BCUT2D eigenvalue weighted by atomic mass is 16.2. The maximum absolute atomic E-state index is 11.9. The van der Waals surface area contributed by atoms with Gasteiger partial charge in [-0.1, -0.05) is 66.7 Å². The van der Waals surface area contributed by atoms with Gasteiger partial charge < -0.3 is 10.6 Å². The van der Waals surface area contributed by atoms with E-state index in [-0.39, 0.29) is 12.1 Å². The second-order valence-electron chi connectivity index (χ2n) is 4.80. The van der Waals surface area contributed by atoms with Crippen LogP contribution in [-0.4, -0.2) is 12.6 Å².